The maximum atomic E-state index is 12.4. The van der Waals surface area contributed by atoms with Crippen molar-refractivity contribution in [1.82, 2.24) is 4.31 Å². The molecular weight excluding hydrogens is 377 g/mol. The molecule has 0 aliphatic carbocycles. The van der Waals surface area contributed by atoms with Crippen molar-refractivity contribution in [3.05, 3.63) is 88.6 Å². The van der Waals surface area contributed by atoms with Crippen LogP contribution < -0.4 is 0 Å². The second kappa shape index (κ2) is 8.56. The Morgan fingerprint density at radius 1 is 1.12 bits per heavy atom. The minimum atomic E-state index is -3.58. The van der Waals surface area contributed by atoms with Crippen LogP contribution in [-0.4, -0.2) is 19.0 Å². The van der Waals surface area contributed by atoms with Crippen molar-refractivity contribution >= 4 is 38.8 Å². The Labute approximate surface area is 159 Å². The van der Waals surface area contributed by atoms with Gasteiger partial charge >= 0.3 is 0 Å². The molecular formula is C19H19Cl2NO2S. The van der Waals surface area contributed by atoms with E-state index in [1.807, 2.05) is 48.5 Å². The number of sulfonamides is 1. The van der Waals surface area contributed by atoms with Gasteiger partial charge in [-0.05, 0) is 23.6 Å². The van der Waals surface area contributed by atoms with Crippen LogP contribution in [0.15, 0.2) is 72.4 Å². The molecule has 0 saturated heterocycles. The van der Waals surface area contributed by atoms with E-state index in [0.717, 1.165) is 11.8 Å². The Bertz CT molecular complexity index is 877. The predicted octanol–water partition coefficient (Wildman–Crippen LogP) is 5.29. The molecule has 2 rings (SSSR count). The van der Waals surface area contributed by atoms with E-state index in [0.29, 0.717) is 22.6 Å². The lowest BCUT2D eigenvalue weighted by Crippen LogP contribution is -2.27. The second-order valence-electron chi connectivity index (χ2n) is 5.50. The lowest BCUT2D eigenvalue weighted by molar-refractivity contribution is 0.494. The average Bonchev–Trinajstić information content (AvgIpc) is 2.58. The van der Waals surface area contributed by atoms with Gasteiger partial charge in [0.05, 0.1) is 12.8 Å². The largest absolute Gasteiger partial charge is 0.255 e. The van der Waals surface area contributed by atoms with Gasteiger partial charge in [0, 0.05) is 10.6 Å². The lowest BCUT2D eigenvalue weighted by Gasteiger charge is -2.24. The molecule has 0 unspecified atom stereocenters. The SMILES string of the molecule is C=CC/C(=C(\Cl)N(Cc1ccccc1)S(C)(=O)=O)c1ccccc1Cl. The Hall–Kier alpha value is -1.75. The molecule has 0 amide bonds. The highest BCUT2D eigenvalue weighted by Gasteiger charge is 2.23. The van der Waals surface area contributed by atoms with Crippen LogP contribution >= 0.6 is 23.2 Å². The topological polar surface area (TPSA) is 37.4 Å². The number of rotatable bonds is 7. The summed E-state index contributed by atoms with van der Waals surface area (Å²) in [5, 5.41) is 0.630. The second-order valence-corrected chi connectivity index (χ2v) is 8.17. The lowest BCUT2D eigenvalue weighted by atomic mass is 10.0. The van der Waals surface area contributed by atoms with E-state index in [1.165, 1.54) is 4.31 Å². The van der Waals surface area contributed by atoms with Crippen LogP contribution in [0.5, 0.6) is 0 Å². The number of halogens is 2. The zero-order valence-electron chi connectivity index (χ0n) is 13.8. The Morgan fingerprint density at radius 2 is 1.72 bits per heavy atom. The first kappa shape index (κ1) is 19.6. The van der Waals surface area contributed by atoms with Crippen LogP contribution in [-0.2, 0) is 16.6 Å². The summed E-state index contributed by atoms with van der Waals surface area (Å²) in [5.41, 5.74) is 2.14. The van der Waals surface area contributed by atoms with Crippen LogP contribution in [0.25, 0.3) is 5.57 Å². The number of hydrogen-bond acceptors (Lipinski definition) is 2. The molecule has 0 aliphatic heterocycles. The molecule has 2 aromatic rings. The third-order valence-corrected chi connectivity index (χ3v) is 5.56. The van der Waals surface area contributed by atoms with Crippen molar-refractivity contribution in [3.63, 3.8) is 0 Å². The third kappa shape index (κ3) is 5.11. The van der Waals surface area contributed by atoms with Crippen molar-refractivity contribution in [1.29, 1.82) is 0 Å². The first-order valence-corrected chi connectivity index (χ1v) is 10.2. The van der Waals surface area contributed by atoms with Gasteiger partial charge in [0.1, 0.15) is 5.16 Å². The molecule has 0 spiro atoms. The zero-order valence-corrected chi connectivity index (χ0v) is 16.2. The van der Waals surface area contributed by atoms with E-state index in [2.05, 4.69) is 6.58 Å². The molecule has 0 heterocycles. The summed E-state index contributed by atoms with van der Waals surface area (Å²) in [6.07, 6.45) is 3.20. The van der Waals surface area contributed by atoms with Crippen molar-refractivity contribution in [2.75, 3.05) is 6.26 Å². The fourth-order valence-corrected chi connectivity index (χ4v) is 4.04. The van der Waals surface area contributed by atoms with Crippen molar-refractivity contribution < 1.29 is 8.42 Å². The van der Waals surface area contributed by atoms with Gasteiger partial charge in [-0.3, -0.25) is 4.31 Å². The summed E-state index contributed by atoms with van der Waals surface area (Å²) in [6.45, 7) is 3.88. The van der Waals surface area contributed by atoms with Crippen LogP contribution in [0, 0.1) is 0 Å². The summed E-state index contributed by atoms with van der Waals surface area (Å²) < 4.78 is 25.9. The molecule has 3 nitrogen and oxygen atoms in total. The summed E-state index contributed by atoms with van der Waals surface area (Å²) in [6, 6.07) is 16.5. The van der Waals surface area contributed by atoms with E-state index in [-0.39, 0.29) is 11.7 Å². The van der Waals surface area contributed by atoms with Gasteiger partial charge in [-0.1, -0.05) is 77.8 Å². The number of allylic oxidation sites excluding steroid dienone is 2. The van der Waals surface area contributed by atoms with E-state index < -0.39 is 10.0 Å². The summed E-state index contributed by atoms with van der Waals surface area (Å²) in [5.74, 6) is 0. The molecule has 0 aliphatic rings. The molecule has 0 aromatic heterocycles. The fourth-order valence-electron chi connectivity index (χ4n) is 2.39. The highest BCUT2D eigenvalue weighted by Crippen LogP contribution is 2.33. The molecule has 25 heavy (non-hydrogen) atoms. The molecule has 0 bridgehead atoms. The first-order valence-electron chi connectivity index (χ1n) is 7.60. The minimum Gasteiger partial charge on any atom is -0.255 e. The molecule has 0 atom stereocenters. The van der Waals surface area contributed by atoms with Crippen molar-refractivity contribution in [2.24, 2.45) is 0 Å². The molecule has 0 N–H and O–H groups in total. The summed E-state index contributed by atoms with van der Waals surface area (Å²) in [4.78, 5) is 0. The molecule has 2 aromatic carbocycles. The highest BCUT2D eigenvalue weighted by atomic mass is 35.5. The smallest absolute Gasteiger partial charge is 0.233 e. The third-order valence-electron chi connectivity index (χ3n) is 3.58. The van der Waals surface area contributed by atoms with Crippen LogP contribution in [0.4, 0.5) is 0 Å². The number of hydrogen-bond donors (Lipinski definition) is 0. The van der Waals surface area contributed by atoms with Gasteiger partial charge < -0.3 is 0 Å². The molecule has 0 fully saturated rings. The molecule has 6 heteroatoms. The molecule has 132 valence electrons. The van der Waals surface area contributed by atoms with Crippen molar-refractivity contribution in [2.45, 2.75) is 13.0 Å². The fraction of sp³-hybridized carbons (Fsp3) is 0.158. The minimum absolute atomic E-state index is 0.124. The molecule has 0 radical (unpaired) electrons. The number of nitrogens with zero attached hydrogens (tertiary/aromatic N) is 1. The van der Waals surface area contributed by atoms with Gasteiger partial charge in [0.15, 0.2) is 0 Å². The quantitative estimate of drug-likeness (QED) is 0.471. The van der Waals surface area contributed by atoms with Crippen molar-refractivity contribution in [3.8, 4) is 0 Å². The van der Waals surface area contributed by atoms with E-state index >= 15 is 0 Å². The van der Waals surface area contributed by atoms with E-state index in [9.17, 15) is 8.42 Å². The normalized spacial score (nSPS) is 12.4. The average molecular weight is 396 g/mol. The first-order chi connectivity index (χ1) is 11.8. The molecule has 0 saturated carbocycles. The number of benzene rings is 2. The Kier molecular flexibility index (Phi) is 6.71. The van der Waals surface area contributed by atoms with E-state index in [4.69, 9.17) is 23.2 Å². The maximum absolute atomic E-state index is 12.4. The van der Waals surface area contributed by atoms with Crippen LogP contribution in [0.1, 0.15) is 17.5 Å². The van der Waals surface area contributed by atoms with Gasteiger partial charge in [-0.2, -0.15) is 0 Å². The Morgan fingerprint density at radius 3 is 2.28 bits per heavy atom. The monoisotopic (exact) mass is 395 g/mol. The summed E-state index contributed by atoms with van der Waals surface area (Å²) in [7, 11) is -3.58. The zero-order chi connectivity index (χ0) is 18.4. The standard InChI is InChI=1S/C19H19Cl2NO2S/c1-3-9-17(16-12-7-8-13-18(16)20)19(21)22(25(2,23)24)14-15-10-5-4-6-11-15/h3-8,10-13H,1,9,14H2,2H3/b19-17-. The summed E-state index contributed by atoms with van der Waals surface area (Å²) >= 11 is 12.8. The van der Waals surface area contributed by atoms with Crippen LogP contribution in [0.3, 0.4) is 0 Å². The van der Waals surface area contributed by atoms with E-state index in [1.54, 1.807) is 12.1 Å². The predicted molar refractivity (Wildman–Crippen MR) is 106 cm³/mol. The van der Waals surface area contributed by atoms with Gasteiger partial charge in [0.25, 0.3) is 0 Å². The van der Waals surface area contributed by atoms with Gasteiger partial charge in [0.2, 0.25) is 10.0 Å². The van der Waals surface area contributed by atoms with Gasteiger partial charge in [-0.25, -0.2) is 8.42 Å². The maximum Gasteiger partial charge on any atom is 0.233 e. The highest BCUT2D eigenvalue weighted by molar-refractivity contribution is 7.88. The van der Waals surface area contributed by atoms with Crippen LogP contribution in [0.2, 0.25) is 5.02 Å². The van der Waals surface area contributed by atoms with Gasteiger partial charge in [-0.15, -0.1) is 6.58 Å². The Balaban J connectivity index is 2.57.